The average molecular weight is 503 g/mol. The Morgan fingerprint density at radius 2 is 1.82 bits per heavy atom. The van der Waals surface area contributed by atoms with E-state index in [0.717, 1.165) is 39.0 Å². The van der Waals surface area contributed by atoms with E-state index in [1.165, 1.54) is 0 Å². The smallest absolute Gasteiger partial charge is 0.307 e. The predicted molar refractivity (Wildman–Crippen MR) is 144 cm³/mol. The third-order valence-corrected chi connectivity index (χ3v) is 7.59. The van der Waals surface area contributed by atoms with Crippen molar-refractivity contribution in [2.75, 3.05) is 0 Å². The number of hydrogen-bond donors (Lipinski definition) is 1. The Kier molecular flexibility index (Phi) is 5.61. The Hall–Kier alpha value is -4.70. The molecule has 2 atom stereocenters. The van der Waals surface area contributed by atoms with E-state index in [1.807, 2.05) is 80.6 Å². The summed E-state index contributed by atoms with van der Waals surface area (Å²) >= 11 is 0. The normalized spacial score (nSPS) is 17.8. The molecule has 5 aromatic rings. The number of hydrogen-bond acceptors (Lipinski definition) is 5. The number of para-hydroxylation sites is 1. The Bertz CT molecular complexity index is 1730. The molecular formula is C31H26N4O3. The maximum atomic E-state index is 12.0. The number of fused-ring (bicyclic) bond motifs is 2. The lowest BCUT2D eigenvalue weighted by Gasteiger charge is -2.11. The molecule has 0 radical (unpaired) electrons. The van der Waals surface area contributed by atoms with Gasteiger partial charge >= 0.3 is 5.97 Å². The molecule has 1 aliphatic carbocycles. The van der Waals surface area contributed by atoms with Gasteiger partial charge in [-0.1, -0.05) is 50.2 Å². The minimum atomic E-state index is -0.802. The van der Waals surface area contributed by atoms with Crippen LogP contribution in [0.4, 0.5) is 0 Å². The molecule has 1 unspecified atom stereocenters. The van der Waals surface area contributed by atoms with E-state index in [9.17, 15) is 9.90 Å². The number of imidazole rings is 1. The second-order valence-corrected chi connectivity index (χ2v) is 10.4. The largest absolute Gasteiger partial charge is 0.487 e. The highest BCUT2D eigenvalue weighted by Gasteiger charge is 2.64. The molecule has 1 aliphatic rings. The summed E-state index contributed by atoms with van der Waals surface area (Å²) in [6.45, 7) is 4.81. The summed E-state index contributed by atoms with van der Waals surface area (Å²) < 4.78 is 8.18. The SMILES string of the molecule is CC1(C)C(c2nc3cc(OCc4ccc5ccccc5n4)ccc3n2Cc2ccc(C#N)cc2)[C@@H]1C(=O)O. The first-order valence-corrected chi connectivity index (χ1v) is 12.5. The van der Waals surface area contributed by atoms with Crippen LogP contribution in [0.15, 0.2) is 78.9 Å². The lowest BCUT2D eigenvalue weighted by Crippen LogP contribution is -2.07. The van der Waals surface area contributed by atoms with Gasteiger partial charge in [-0.2, -0.15) is 5.26 Å². The van der Waals surface area contributed by atoms with Crippen LogP contribution >= 0.6 is 0 Å². The summed E-state index contributed by atoms with van der Waals surface area (Å²) in [4.78, 5) is 21.6. The molecule has 0 saturated heterocycles. The van der Waals surface area contributed by atoms with Crippen LogP contribution in [-0.4, -0.2) is 25.6 Å². The standard InChI is InChI=1S/C31H26N4O3/c1-31(2)27(28(31)30(36)37)29-34-25-15-23(38-18-22-12-11-21-5-3-4-6-24(21)33-22)13-14-26(25)35(29)17-20-9-7-19(16-32)8-10-20/h3-15,27-28H,17-18H2,1-2H3,(H,36,37)/t27?,28-/m1/s1. The molecule has 0 bridgehead atoms. The van der Waals surface area contributed by atoms with Crippen molar-refractivity contribution in [1.82, 2.24) is 14.5 Å². The lowest BCUT2D eigenvalue weighted by atomic mass is 10.1. The van der Waals surface area contributed by atoms with Gasteiger partial charge in [-0.3, -0.25) is 4.79 Å². The Labute approximate surface area is 220 Å². The van der Waals surface area contributed by atoms with E-state index in [-0.39, 0.29) is 5.92 Å². The number of nitriles is 1. The number of pyridine rings is 1. The number of carbonyl (C=O) groups is 1. The van der Waals surface area contributed by atoms with Crippen LogP contribution in [0.5, 0.6) is 5.75 Å². The van der Waals surface area contributed by atoms with Gasteiger partial charge < -0.3 is 14.4 Å². The molecule has 6 rings (SSSR count). The van der Waals surface area contributed by atoms with Crippen LogP contribution in [-0.2, 0) is 17.9 Å². The van der Waals surface area contributed by atoms with Gasteiger partial charge in [0, 0.05) is 23.9 Å². The first kappa shape index (κ1) is 23.7. The number of ether oxygens (including phenoxy) is 1. The number of aliphatic carboxylic acids is 1. The van der Waals surface area contributed by atoms with Crippen LogP contribution in [0.1, 0.15) is 42.4 Å². The molecule has 188 valence electrons. The third-order valence-electron chi connectivity index (χ3n) is 7.59. The molecule has 2 aromatic heterocycles. The summed E-state index contributed by atoms with van der Waals surface area (Å²) in [7, 11) is 0. The van der Waals surface area contributed by atoms with Gasteiger partial charge in [0.25, 0.3) is 0 Å². The Morgan fingerprint density at radius 1 is 1.03 bits per heavy atom. The topological polar surface area (TPSA) is 101 Å². The number of nitrogens with zero attached hydrogens (tertiary/aromatic N) is 4. The number of aromatic nitrogens is 3. The first-order valence-electron chi connectivity index (χ1n) is 12.5. The second-order valence-electron chi connectivity index (χ2n) is 10.4. The van der Waals surface area contributed by atoms with Crippen LogP contribution in [0.3, 0.4) is 0 Å². The summed E-state index contributed by atoms with van der Waals surface area (Å²) in [5, 5.41) is 20.1. The highest BCUT2D eigenvalue weighted by molar-refractivity contribution is 5.81. The van der Waals surface area contributed by atoms with Gasteiger partial charge in [-0.15, -0.1) is 0 Å². The van der Waals surface area contributed by atoms with Gasteiger partial charge in [0.05, 0.1) is 39.8 Å². The zero-order chi connectivity index (χ0) is 26.4. The summed E-state index contributed by atoms with van der Waals surface area (Å²) in [5.74, 6) is -0.0588. The van der Waals surface area contributed by atoms with E-state index >= 15 is 0 Å². The van der Waals surface area contributed by atoms with Crippen molar-refractivity contribution in [3.63, 3.8) is 0 Å². The van der Waals surface area contributed by atoms with E-state index < -0.39 is 17.3 Å². The molecule has 7 heteroatoms. The maximum absolute atomic E-state index is 12.0. The van der Waals surface area contributed by atoms with Gasteiger partial charge in [0.1, 0.15) is 18.2 Å². The highest BCUT2D eigenvalue weighted by Crippen LogP contribution is 2.64. The minimum Gasteiger partial charge on any atom is -0.487 e. The number of benzene rings is 3. The third kappa shape index (κ3) is 4.14. The van der Waals surface area contributed by atoms with Crippen LogP contribution in [0, 0.1) is 22.7 Å². The van der Waals surface area contributed by atoms with Crippen molar-refractivity contribution >= 4 is 27.9 Å². The van der Waals surface area contributed by atoms with Crippen molar-refractivity contribution in [2.45, 2.75) is 32.9 Å². The first-order chi connectivity index (χ1) is 18.3. The fourth-order valence-electron chi connectivity index (χ4n) is 5.42. The number of rotatable bonds is 7. The molecule has 1 fully saturated rings. The quantitative estimate of drug-likeness (QED) is 0.297. The maximum Gasteiger partial charge on any atom is 0.307 e. The molecule has 1 saturated carbocycles. The molecule has 0 aliphatic heterocycles. The molecule has 0 spiro atoms. The van der Waals surface area contributed by atoms with Crippen molar-refractivity contribution in [2.24, 2.45) is 11.3 Å². The number of carboxylic acids is 1. The Balaban J connectivity index is 1.33. The van der Waals surface area contributed by atoms with E-state index in [1.54, 1.807) is 12.1 Å². The van der Waals surface area contributed by atoms with Crippen LogP contribution < -0.4 is 4.74 Å². The lowest BCUT2D eigenvalue weighted by molar-refractivity contribution is -0.139. The zero-order valence-corrected chi connectivity index (χ0v) is 21.1. The van der Waals surface area contributed by atoms with Gasteiger partial charge in [-0.05, 0) is 47.4 Å². The van der Waals surface area contributed by atoms with Crippen molar-refractivity contribution in [3.8, 4) is 11.8 Å². The fourth-order valence-corrected chi connectivity index (χ4v) is 5.42. The molecule has 3 aromatic carbocycles. The van der Waals surface area contributed by atoms with Crippen LogP contribution in [0.2, 0.25) is 0 Å². The van der Waals surface area contributed by atoms with Crippen molar-refractivity contribution in [3.05, 3.63) is 102 Å². The molecule has 2 heterocycles. The molecule has 0 amide bonds. The van der Waals surface area contributed by atoms with Crippen LogP contribution in [0.25, 0.3) is 21.9 Å². The van der Waals surface area contributed by atoms with Crippen molar-refractivity contribution < 1.29 is 14.6 Å². The van der Waals surface area contributed by atoms with E-state index in [2.05, 4.69) is 15.6 Å². The second kappa shape index (κ2) is 9.00. The fraction of sp³-hybridized carbons (Fsp3) is 0.226. The van der Waals surface area contributed by atoms with E-state index in [0.29, 0.717) is 24.5 Å². The highest BCUT2D eigenvalue weighted by atomic mass is 16.5. The Morgan fingerprint density at radius 3 is 2.55 bits per heavy atom. The number of carboxylic acid groups (broad SMARTS) is 1. The van der Waals surface area contributed by atoms with Gasteiger partial charge in [-0.25, -0.2) is 9.97 Å². The average Bonchev–Trinajstić information content (AvgIpc) is 3.34. The van der Waals surface area contributed by atoms with Crippen molar-refractivity contribution in [1.29, 1.82) is 5.26 Å². The predicted octanol–water partition coefficient (Wildman–Crippen LogP) is 5.91. The molecular weight excluding hydrogens is 476 g/mol. The summed E-state index contributed by atoms with van der Waals surface area (Å²) in [6.07, 6.45) is 0. The molecule has 7 nitrogen and oxygen atoms in total. The van der Waals surface area contributed by atoms with Gasteiger partial charge in [0.2, 0.25) is 0 Å². The monoisotopic (exact) mass is 502 g/mol. The molecule has 38 heavy (non-hydrogen) atoms. The van der Waals surface area contributed by atoms with Gasteiger partial charge in [0.15, 0.2) is 0 Å². The summed E-state index contributed by atoms with van der Waals surface area (Å²) in [6, 6.07) is 27.4. The zero-order valence-electron chi connectivity index (χ0n) is 21.1. The summed E-state index contributed by atoms with van der Waals surface area (Å²) in [5.41, 5.74) is 4.64. The minimum absolute atomic E-state index is 0.197. The van der Waals surface area contributed by atoms with E-state index in [4.69, 9.17) is 15.0 Å². The molecule has 1 N–H and O–H groups in total.